The Morgan fingerprint density at radius 1 is 1.13 bits per heavy atom. The molecule has 0 aromatic rings. The zero-order valence-corrected chi connectivity index (χ0v) is 10.3. The van der Waals surface area contributed by atoms with E-state index in [0.717, 1.165) is 50.2 Å². The van der Waals surface area contributed by atoms with Crippen LogP contribution in [0.5, 0.6) is 0 Å². The smallest absolute Gasteiger partial charge is 0.168 e. The summed E-state index contributed by atoms with van der Waals surface area (Å²) in [6.45, 7) is 8.79. The lowest BCUT2D eigenvalue weighted by Crippen LogP contribution is -2.38. The first kappa shape index (κ1) is 11.4. The maximum absolute atomic E-state index is 5.86. The van der Waals surface area contributed by atoms with Crippen molar-refractivity contribution in [2.24, 2.45) is 17.8 Å². The third-order valence-electron chi connectivity index (χ3n) is 4.28. The van der Waals surface area contributed by atoms with Gasteiger partial charge in [-0.15, -0.1) is 0 Å². The Bertz CT molecular complexity index is 207. The lowest BCUT2D eigenvalue weighted by atomic mass is 9.84. The third-order valence-corrected chi connectivity index (χ3v) is 4.28. The highest BCUT2D eigenvalue weighted by molar-refractivity contribution is 4.88. The molecule has 0 aromatic carbocycles. The van der Waals surface area contributed by atoms with Gasteiger partial charge in [-0.1, -0.05) is 20.8 Å². The monoisotopic (exact) mass is 212 g/mol. The Balaban J connectivity index is 1.93. The van der Waals surface area contributed by atoms with Crippen molar-refractivity contribution in [1.82, 2.24) is 0 Å². The third kappa shape index (κ3) is 2.36. The van der Waals surface area contributed by atoms with Crippen molar-refractivity contribution in [2.45, 2.75) is 52.2 Å². The van der Waals surface area contributed by atoms with E-state index in [-0.39, 0.29) is 5.79 Å². The molecule has 2 rings (SSSR count). The fraction of sp³-hybridized carbons (Fsp3) is 1.00. The van der Waals surface area contributed by atoms with E-state index in [4.69, 9.17) is 9.47 Å². The van der Waals surface area contributed by atoms with Crippen LogP contribution in [-0.4, -0.2) is 19.0 Å². The average Bonchev–Trinajstić information content (AvgIpc) is 2.62. The highest BCUT2D eigenvalue weighted by Crippen LogP contribution is 2.44. The summed E-state index contributed by atoms with van der Waals surface area (Å²) in [5.41, 5.74) is 0. The summed E-state index contributed by atoms with van der Waals surface area (Å²) >= 11 is 0. The normalized spacial score (nSPS) is 32.4. The van der Waals surface area contributed by atoms with Crippen molar-refractivity contribution in [2.75, 3.05) is 13.2 Å². The Morgan fingerprint density at radius 2 is 1.80 bits per heavy atom. The van der Waals surface area contributed by atoms with Crippen molar-refractivity contribution in [3.63, 3.8) is 0 Å². The summed E-state index contributed by atoms with van der Waals surface area (Å²) in [5.74, 6) is 2.17. The van der Waals surface area contributed by atoms with Crippen LogP contribution >= 0.6 is 0 Å². The first-order valence-electron chi connectivity index (χ1n) is 6.41. The van der Waals surface area contributed by atoms with Gasteiger partial charge in [0.1, 0.15) is 0 Å². The van der Waals surface area contributed by atoms with E-state index in [1.165, 1.54) is 6.42 Å². The van der Waals surface area contributed by atoms with E-state index in [1.54, 1.807) is 0 Å². The number of rotatable bonds is 2. The highest BCUT2D eigenvalue weighted by Gasteiger charge is 2.44. The molecule has 2 heteroatoms. The molecule has 0 radical (unpaired) electrons. The zero-order chi connectivity index (χ0) is 10.9. The molecule has 2 unspecified atom stereocenters. The summed E-state index contributed by atoms with van der Waals surface area (Å²) in [6, 6.07) is 0. The molecule has 1 aliphatic carbocycles. The van der Waals surface area contributed by atoms with Gasteiger partial charge in [-0.3, -0.25) is 0 Å². The van der Waals surface area contributed by atoms with Gasteiger partial charge < -0.3 is 9.47 Å². The quantitative estimate of drug-likeness (QED) is 0.699. The maximum atomic E-state index is 5.86. The van der Waals surface area contributed by atoms with Crippen LogP contribution in [0.3, 0.4) is 0 Å². The molecule has 1 spiro atoms. The first-order chi connectivity index (χ1) is 7.13. The van der Waals surface area contributed by atoms with Crippen LogP contribution in [-0.2, 0) is 9.47 Å². The summed E-state index contributed by atoms with van der Waals surface area (Å²) in [6.07, 6.45) is 4.56. The van der Waals surface area contributed by atoms with Gasteiger partial charge in [0, 0.05) is 12.8 Å². The maximum Gasteiger partial charge on any atom is 0.168 e. The lowest BCUT2D eigenvalue weighted by Gasteiger charge is -2.34. The standard InChI is InChI=1S/C13H24O2/c1-10(2)11(3)12-5-6-13(9-12)14-7-4-8-15-13/h10-12H,4-9H2,1-3H3. The summed E-state index contributed by atoms with van der Waals surface area (Å²) in [4.78, 5) is 0. The summed E-state index contributed by atoms with van der Waals surface area (Å²) < 4.78 is 11.7. The Hall–Kier alpha value is -0.0800. The minimum Gasteiger partial charge on any atom is -0.350 e. The molecule has 15 heavy (non-hydrogen) atoms. The van der Waals surface area contributed by atoms with Crippen LogP contribution < -0.4 is 0 Å². The summed E-state index contributed by atoms with van der Waals surface area (Å²) in [7, 11) is 0. The van der Waals surface area contributed by atoms with E-state index in [0.29, 0.717) is 0 Å². The first-order valence-corrected chi connectivity index (χ1v) is 6.41. The second kappa shape index (κ2) is 4.42. The predicted octanol–water partition coefficient (Wildman–Crippen LogP) is 3.21. The fourth-order valence-corrected chi connectivity index (χ4v) is 2.88. The number of hydrogen-bond acceptors (Lipinski definition) is 2. The molecule has 2 fully saturated rings. The average molecular weight is 212 g/mol. The van der Waals surface area contributed by atoms with Crippen molar-refractivity contribution < 1.29 is 9.47 Å². The van der Waals surface area contributed by atoms with Gasteiger partial charge in [0.05, 0.1) is 13.2 Å². The Kier molecular flexibility index (Phi) is 3.36. The molecule has 0 aromatic heterocycles. The molecule has 1 aliphatic heterocycles. The second-order valence-corrected chi connectivity index (χ2v) is 5.57. The highest BCUT2D eigenvalue weighted by atomic mass is 16.7. The van der Waals surface area contributed by atoms with Gasteiger partial charge in [-0.2, -0.15) is 0 Å². The summed E-state index contributed by atoms with van der Waals surface area (Å²) in [5, 5.41) is 0. The van der Waals surface area contributed by atoms with E-state index in [1.807, 2.05) is 0 Å². The van der Waals surface area contributed by atoms with Gasteiger partial charge in [-0.05, 0) is 30.6 Å². The van der Waals surface area contributed by atoms with Crippen molar-refractivity contribution >= 4 is 0 Å². The van der Waals surface area contributed by atoms with Crippen molar-refractivity contribution in [3.8, 4) is 0 Å². The molecule has 1 saturated heterocycles. The van der Waals surface area contributed by atoms with Gasteiger partial charge in [0.25, 0.3) is 0 Å². The van der Waals surface area contributed by atoms with Gasteiger partial charge in [-0.25, -0.2) is 0 Å². The van der Waals surface area contributed by atoms with Gasteiger partial charge >= 0.3 is 0 Å². The molecule has 2 nitrogen and oxygen atoms in total. The molecular weight excluding hydrogens is 188 g/mol. The molecule has 2 aliphatic rings. The van der Waals surface area contributed by atoms with Crippen LogP contribution in [0.4, 0.5) is 0 Å². The topological polar surface area (TPSA) is 18.5 Å². The molecule has 2 atom stereocenters. The Morgan fingerprint density at radius 3 is 2.40 bits per heavy atom. The molecule has 1 heterocycles. The van der Waals surface area contributed by atoms with E-state index >= 15 is 0 Å². The van der Waals surface area contributed by atoms with Crippen LogP contribution in [0.25, 0.3) is 0 Å². The van der Waals surface area contributed by atoms with Crippen molar-refractivity contribution in [3.05, 3.63) is 0 Å². The van der Waals surface area contributed by atoms with Gasteiger partial charge in [0.2, 0.25) is 0 Å². The van der Waals surface area contributed by atoms with E-state index in [9.17, 15) is 0 Å². The van der Waals surface area contributed by atoms with Crippen LogP contribution in [0.1, 0.15) is 46.5 Å². The van der Waals surface area contributed by atoms with Crippen LogP contribution in [0, 0.1) is 17.8 Å². The molecular formula is C13H24O2. The molecule has 88 valence electrons. The SMILES string of the molecule is CC(C)C(C)C1CCC2(C1)OCCCO2. The number of hydrogen-bond donors (Lipinski definition) is 0. The van der Waals surface area contributed by atoms with E-state index < -0.39 is 0 Å². The van der Waals surface area contributed by atoms with Gasteiger partial charge in [0.15, 0.2) is 5.79 Å². The van der Waals surface area contributed by atoms with Crippen LogP contribution in [0.15, 0.2) is 0 Å². The lowest BCUT2D eigenvalue weighted by molar-refractivity contribution is -0.264. The minimum absolute atomic E-state index is 0.188. The largest absolute Gasteiger partial charge is 0.350 e. The zero-order valence-electron chi connectivity index (χ0n) is 10.3. The van der Waals surface area contributed by atoms with E-state index in [2.05, 4.69) is 20.8 Å². The fourth-order valence-electron chi connectivity index (χ4n) is 2.88. The molecule has 0 amide bonds. The van der Waals surface area contributed by atoms with Crippen LogP contribution in [0.2, 0.25) is 0 Å². The Labute approximate surface area is 93.3 Å². The number of ether oxygens (including phenoxy) is 2. The molecule has 0 bridgehead atoms. The second-order valence-electron chi connectivity index (χ2n) is 5.57. The van der Waals surface area contributed by atoms with Crippen molar-refractivity contribution in [1.29, 1.82) is 0 Å². The minimum atomic E-state index is -0.188. The predicted molar refractivity (Wildman–Crippen MR) is 60.6 cm³/mol. The molecule has 1 saturated carbocycles. The molecule has 0 N–H and O–H groups in total.